The third-order valence-electron chi connectivity index (χ3n) is 8.63. The monoisotopic (exact) mass is 583 g/mol. The fourth-order valence-corrected chi connectivity index (χ4v) is 6.49. The summed E-state index contributed by atoms with van der Waals surface area (Å²) in [5, 5.41) is 6.58. The number of carbonyl (C=O) groups excluding carboxylic acids is 1. The summed E-state index contributed by atoms with van der Waals surface area (Å²) in [6.07, 6.45) is 0. The normalized spacial score (nSPS) is 11.9. The molecule has 3 nitrogen and oxygen atoms in total. The Hall–Kier alpha value is -5.67. The van der Waals surface area contributed by atoms with Gasteiger partial charge in [-0.05, 0) is 93.9 Å². The van der Waals surface area contributed by atoms with Crippen LogP contribution in [0.25, 0.3) is 49.0 Å². The number of hydrogen-bond donors (Lipinski definition) is 0. The number of methoxy groups -OCH3 is 1. The number of ether oxygens (including phenoxy) is 1. The molecule has 0 N–H and O–H groups in total. The smallest absolute Gasteiger partial charge is 0.163 e. The van der Waals surface area contributed by atoms with Gasteiger partial charge in [0.15, 0.2) is 5.78 Å². The van der Waals surface area contributed by atoms with Crippen LogP contribution in [-0.4, -0.2) is 12.9 Å². The molecule has 0 aliphatic rings. The van der Waals surface area contributed by atoms with Crippen molar-refractivity contribution >= 4 is 60.7 Å². The Bertz CT molecular complexity index is 2220. The molecule has 7 aromatic rings. The predicted molar refractivity (Wildman–Crippen MR) is 189 cm³/mol. The van der Waals surface area contributed by atoms with Gasteiger partial charge in [0.2, 0.25) is 0 Å². The maximum Gasteiger partial charge on any atom is 0.163 e. The Morgan fingerprint density at radius 2 is 1.00 bits per heavy atom. The second-order valence-corrected chi connectivity index (χ2v) is 11.3. The lowest BCUT2D eigenvalue weighted by molar-refractivity contribution is -0.111. The number of fused-ring (bicyclic) bond motifs is 5. The largest absolute Gasteiger partial charge is 0.501 e. The van der Waals surface area contributed by atoms with Crippen molar-refractivity contribution in [2.45, 2.75) is 13.8 Å². The molecule has 0 saturated heterocycles. The number of benzene rings is 7. The summed E-state index contributed by atoms with van der Waals surface area (Å²) >= 11 is 0. The van der Waals surface area contributed by atoms with E-state index in [1.807, 2.05) is 19.1 Å². The fourth-order valence-electron chi connectivity index (χ4n) is 6.49. The molecule has 0 spiro atoms. The first-order valence-corrected chi connectivity index (χ1v) is 15.2. The molecule has 0 heterocycles. The molecule has 0 aliphatic carbocycles. The lowest BCUT2D eigenvalue weighted by Crippen LogP contribution is -2.10. The van der Waals surface area contributed by atoms with Crippen molar-refractivity contribution in [1.29, 1.82) is 0 Å². The number of allylic oxidation sites excluding steroid dienone is 2. The van der Waals surface area contributed by atoms with Crippen molar-refractivity contribution in [2.24, 2.45) is 0 Å². The first-order chi connectivity index (χ1) is 22.0. The lowest BCUT2D eigenvalue weighted by atomic mass is 9.88. The van der Waals surface area contributed by atoms with E-state index in [1.54, 1.807) is 14.0 Å². The molecule has 0 aliphatic heterocycles. The van der Waals surface area contributed by atoms with E-state index in [0.717, 1.165) is 54.9 Å². The van der Waals surface area contributed by atoms with Crippen molar-refractivity contribution < 1.29 is 9.53 Å². The van der Waals surface area contributed by atoms with E-state index < -0.39 is 0 Å². The van der Waals surface area contributed by atoms with E-state index in [2.05, 4.69) is 138 Å². The van der Waals surface area contributed by atoms with Crippen molar-refractivity contribution in [3.05, 3.63) is 157 Å². The number of para-hydroxylation sites is 1. The van der Waals surface area contributed by atoms with Crippen LogP contribution in [0.3, 0.4) is 0 Å². The van der Waals surface area contributed by atoms with Gasteiger partial charge in [0, 0.05) is 16.8 Å². The summed E-state index contributed by atoms with van der Waals surface area (Å²) in [5.74, 6) is 0.594. The highest BCUT2D eigenvalue weighted by atomic mass is 16.5. The van der Waals surface area contributed by atoms with E-state index in [-0.39, 0.29) is 5.78 Å². The molecule has 7 aromatic carbocycles. The van der Waals surface area contributed by atoms with E-state index in [0.29, 0.717) is 11.3 Å². The van der Waals surface area contributed by atoms with Gasteiger partial charge in [-0.15, -0.1) is 0 Å². The molecule has 0 fully saturated rings. The van der Waals surface area contributed by atoms with Gasteiger partial charge in [-0.2, -0.15) is 0 Å². The average molecular weight is 584 g/mol. The van der Waals surface area contributed by atoms with Gasteiger partial charge in [-0.25, -0.2) is 0 Å². The van der Waals surface area contributed by atoms with E-state index in [9.17, 15) is 4.79 Å². The highest BCUT2D eigenvalue weighted by molar-refractivity contribution is 6.29. The molecule has 218 valence electrons. The zero-order valence-corrected chi connectivity index (χ0v) is 25.6. The number of hydrogen-bond acceptors (Lipinski definition) is 3. The number of ketones is 1. The van der Waals surface area contributed by atoms with Crippen LogP contribution in [0.5, 0.6) is 0 Å². The number of anilines is 3. The molecule has 0 saturated carbocycles. The van der Waals surface area contributed by atoms with E-state index in [4.69, 9.17) is 4.74 Å². The SMILES string of the molecule is CO/C(C)=C(\C(C)=O)c1cc2c3ccccc3c(N(c3ccccc3)c3ccc(-c4ccccc4)cc3)cc2c2ccccc12. The third-order valence-corrected chi connectivity index (χ3v) is 8.63. The number of nitrogens with zero attached hydrogens (tertiary/aromatic N) is 1. The molecule has 0 radical (unpaired) electrons. The van der Waals surface area contributed by atoms with Crippen LogP contribution in [0, 0.1) is 0 Å². The van der Waals surface area contributed by atoms with Crippen LogP contribution < -0.4 is 4.90 Å². The zero-order valence-electron chi connectivity index (χ0n) is 25.6. The van der Waals surface area contributed by atoms with Gasteiger partial charge in [0.25, 0.3) is 0 Å². The average Bonchev–Trinajstić information content (AvgIpc) is 3.09. The summed E-state index contributed by atoms with van der Waals surface area (Å²) in [6, 6.07) is 51.2. The standard InChI is InChI=1S/C42H33NO2/c1-28(44)42(29(2)45-3)40-26-38-36-20-12-13-21-37(36)41(27-39(38)34-18-10-11-19-35(34)40)43(32-16-8-5-9-17-32)33-24-22-31(23-25-33)30-14-6-4-7-15-30/h4-27H,1-3H3/b42-29+. The predicted octanol–water partition coefficient (Wildman–Crippen LogP) is 11.2. The number of Topliss-reactive ketones (excluding diaryl/α,β-unsaturated/α-hetero) is 1. The van der Waals surface area contributed by atoms with Crippen LogP contribution in [-0.2, 0) is 9.53 Å². The molecule has 0 bridgehead atoms. The van der Waals surface area contributed by atoms with Gasteiger partial charge in [-0.1, -0.05) is 109 Å². The Morgan fingerprint density at radius 3 is 1.62 bits per heavy atom. The van der Waals surface area contributed by atoms with Crippen LogP contribution in [0.1, 0.15) is 19.4 Å². The molecule has 45 heavy (non-hydrogen) atoms. The van der Waals surface area contributed by atoms with Crippen molar-refractivity contribution in [3.8, 4) is 11.1 Å². The van der Waals surface area contributed by atoms with Gasteiger partial charge in [0.1, 0.15) is 5.76 Å². The first-order valence-electron chi connectivity index (χ1n) is 15.2. The van der Waals surface area contributed by atoms with Gasteiger partial charge in [0.05, 0.1) is 18.4 Å². The highest BCUT2D eigenvalue weighted by Crippen LogP contribution is 2.45. The summed E-state index contributed by atoms with van der Waals surface area (Å²) in [4.78, 5) is 15.4. The number of rotatable bonds is 7. The van der Waals surface area contributed by atoms with Crippen LogP contribution in [0.15, 0.2) is 151 Å². The number of carbonyl (C=O) groups is 1. The summed E-state index contributed by atoms with van der Waals surface area (Å²) in [7, 11) is 1.62. The highest BCUT2D eigenvalue weighted by Gasteiger charge is 2.21. The maximum atomic E-state index is 13.0. The topological polar surface area (TPSA) is 29.5 Å². The van der Waals surface area contributed by atoms with Crippen LogP contribution >= 0.6 is 0 Å². The minimum absolute atomic E-state index is 0.0195. The Labute approximate surface area is 263 Å². The quantitative estimate of drug-likeness (QED) is 0.106. The zero-order chi connectivity index (χ0) is 30.9. The second kappa shape index (κ2) is 11.8. The summed E-state index contributed by atoms with van der Waals surface area (Å²) in [6.45, 7) is 3.47. The summed E-state index contributed by atoms with van der Waals surface area (Å²) in [5.41, 5.74) is 7.10. The molecule has 7 rings (SSSR count). The van der Waals surface area contributed by atoms with Crippen molar-refractivity contribution in [2.75, 3.05) is 12.0 Å². The molecule has 0 unspecified atom stereocenters. The maximum absolute atomic E-state index is 13.0. The van der Waals surface area contributed by atoms with Crippen molar-refractivity contribution in [1.82, 2.24) is 0 Å². The molecular weight excluding hydrogens is 550 g/mol. The van der Waals surface area contributed by atoms with Gasteiger partial charge < -0.3 is 9.64 Å². The molecule has 3 heteroatoms. The van der Waals surface area contributed by atoms with Crippen molar-refractivity contribution in [3.63, 3.8) is 0 Å². The molecule has 0 aromatic heterocycles. The fraction of sp³-hybridized carbons (Fsp3) is 0.0714. The minimum Gasteiger partial charge on any atom is -0.501 e. The minimum atomic E-state index is -0.0195. The Kier molecular flexibility index (Phi) is 7.36. The molecular formula is C42H33NO2. The van der Waals surface area contributed by atoms with E-state index in [1.165, 1.54) is 11.1 Å². The van der Waals surface area contributed by atoms with Crippen LogP contribution in [0.2, 0.25) is 0 Å². The first kappa shape index (κ1) is 28.1. The van der Waals surface area contributed by atoms with Gasteiger partial charge in [-0.3, -0.25) is 4.79 Å². The lowest BCUT2D eigenvalue weighted by Gasteiger charge is -2.28. The molecule has 0 atom stereocenters. The summed E-state index contributed by atoms with van der Waals surface area (Å²) < 4.78 is 5.61. The van der Waals surface area contributed by atoms with Gasteiger partial charge >= 0.3 is 0 Å². The van der Waals surface area contributed by atoms with Crippen LogP contribution in [0.4, 0.5) is 17.1 Å². The Balaban J connectivity index is 1.54. The third kappa shape index (κ3) is 5.03. The van der Waals surface area contributed by atoms with E-state index >= 15 is 0 Å². The second-order valence-electron chi connectivity index (χ2n) is 11.3. The molecule has 0 amide bonds. The Morgan fingerprint density at radius 1 is 0.511 bits per heavy atom.